The van der Waals surface area contributed by atoms with Crippen LogP contribution >= 0.6 is 12.4 Å². The van der Waals surface area contributed by atoms with Crippen LogP contribution in [0.4, 0.5) is 0 Å². The zero-order valence-corrected chi connectivity index (χ0v) is 13.7. The van der Waals surface area contributed by atoms with Crippen molar-refractivity contribution in [2.75, 3.05) is 32.8 Å². The van der Waals surface area contributed by atoms with E-state index >= 15 is 0 Å². The largest absolute Gasteiger partial charge is 0.379 e. The van der Waals surface area contributed by atoms with Gasteiger partial charge in [-0.15, -0.1) is 12.4 Å². The molecule has 22 heavy (non-hydrogen) atoms. The summed E-state index contributed by atoms with van der Waals surface area (Å²) in [7, 11) is 0. The van der Waals surface area contributed by atoms with Crippen molar-refractivity contribution in [3.63, 3.8) is 0 Å². The van der Waals surface area contributed by atoms with Gasteiger partial charge in [0, 0.05) is 25.6 Å². The lowest BCUT2D eigenvalue weighted by molar-refractivity contribution is -0.121. The smallest absolute Gasteiger partial charge is 0.163 e. The summed E-state index contributed by atoms with van der Waals surface area (Å²) in [6.07, 6.45) is 5.16. The summed E-state index contributed by atoms with van der Waals surface area (Å²) >= 11 is 0. The Labute approximate surface area is 138 Å². The summed E-state index contributed by atoms with van der Waals surface area (Å²) in [6, 6.07) is 10.2. The van der Waals surface area contributed by atoms with Crippen molar-refractivity contribution < 1.29 is 9.53 Å². The summed E-state index contributed by atoms with van der Waals surface area (Å²) in [5.74, 6) is 0.531. The SMILES string of the molecule is Cl.O=C1/C(=C/c2ccccc2)CCCC1CN1CCOCC1. The van der Waals surface area contributed by atoms with Gasteiger partial charge >= 0.3 is 0 Å². The Balaban J connectivity index is 0.00000176. The normalized spacial score (nSPS) is 25.0. The van der Waals surface area contributed by atoms with E-state index < -0.39 is 0 Å². The van der Waals surface area contributed by atoms with E-state index in [4.69, 9.17) is 4.74 Å². The molecule has 4 heteroatoms. The molecule has 0 amide bonds. The van der Waals surface area contributed by atoms with E-state index in [0.29, 0.717) is 5.78 Å². The molecule has 1 aromatic carbocycles. The second kappa shape index (κ2) is 8.47. The standard InChI is InChI=1S/C18H23NO2.ClH/c20-18-16(13-15-5-2-1-3-6-15)7-4-8-17(18)14-19-9-11-21-12-10-19;/h1-3,5-6,13,17H,4,7-12,14H2;1H/b16-13+;. The van der Waals surface area contributed by atoms with E-state index in [1.54, 1.807) is 0 Å². The van der Waals surface area contributed by atoms with Crippen LogP contribution in [-0.2, 0) is 9.53 Å². The summed E-state index contributed by atoms with van der Waals surface area (Å²) in [6.45, 7) is 4.42. The predicted octanol–water partition coefficient (Wildman–Crippen LogP) is 3.19. The zero-order chi connectivity index (χ0) is 14.5. The van der Waals surface area contributed by atoms with Gasteiger partial charge in [-0.1, -0.05) is 30.3 Å². The highest BCUT2D eigenvalue weighted by Gasteiger charge is 2.28. The van der Waals surface area contributed by atoms with Crippen LogP contribution in [0, 0.1) is 5.92 Å². The number of hydrogen-bond acceptors (Lipinski definition) is 3. The maximum atomic E-state index is 12.7. The minimum absolute atomic E-state index is 0. The maximum absolute atomic E-state index is 12.7. The first-order valence-electron chi connectivity index (χ1n) is 7.93. The molecular weight excluding hydrogens is 298 g/mol. The number of halogens is 1. The molecule has 2 aliphatic rings. The number of Topliss-reactive ketones (excluding diaryl/α,β-unsaturated/α-hetero) is 1. The summed E-state index contributed by atoms with van der Waals surface area (Å²) in [5.41, 5.74) is 2.14. The highest BCUT2D eigenvalue weighted by atomic mass is 35.5. The molecule has 1 saturated carbocycles. The van der Waals surface area contributed by atoms with Gasteiger partial charge < -0.3 is 4.74 Å². The van der Waals surface area contributed by atoms with Gasteiger partial charge in [-0.25, -0.2) is 0 Å². The van der Waals surface area contributed by atoms with E-state index in [2.05, 4.69) is 23.1 Å². The van der Waals surface area contributed by atoms with Crippen LogP contribution in [0.3, 0.4) is 0 Å². The highest BCUT2D eigenvalue weighted by molar-refractivity contribution is 6.01. The lowest BCUT2D eigenvalue weighted by Gasteiger charge is -2.32. The molecule has 1 aromatic rings. The Morgan fingerprint density at radius 3 is 2.64 bits per heavy atom. The van der Waals surface area contributed by atoms with Crippen molar-refractivity contribution in [2.45, 2.75) is 19.3 Å². The highest BCUT2D eigenvalue weighted by Crippen LogP contribution is 2.27. The molecule has 0 radical (unpaired) electrons. The third kappa shape index (κ3) is 4.42. The van der Waals surface area contributed by atoms with Crippen molar-refractivity contribution in [2.24, 2.45) is 5.92 Å². The Kier molecular flexibility index (Phi) is 6.62. The minimum Gasteiger partial charge on any atom is -0.379 e. The first-order valence-corrected chi connectivity index (χ1v) is 7.93. The van der Waals surface area contributed by atoms with E-state index in [-0.39, 0.29) is 18.3 Å². The molecule has 3 rings (SSSR count). The van der Waals surface area contributed by atoms with Gasteiger partial charge in [-0.05, 0) is 36.5 Å². The molecule has 1 atom stereocenters. The zero-order valence-electron chi connectivity index (χ0n) is 12.9. The molecule has 0 N–H and O–H groups in total. The molecule has 0 bridgehead atoms. The van der Waals surface area contributed by atoms with Crippen molar-refractivity contribution in [3.8, 4) is 0 Å². The van der Waals surface area contributed by atoms with Crippen LogP contribution in [0.25, 0.3) is 6.08 Å². The second-order valence-electron chi connectivity index (χ2n) is 5.95. The fourth-order valence-corrected chi connectivity index (χ4v) is 3.22. The van der Waals surface area contributed by atoms with Crippen LogP contribution in [-0.4, -0.2) is 43.5 Å². The predicted molar refractivity (Wildman–Crippen MR) is 91.3 cm³/mol. The van der Waals surface area contributed by atoms with Gasteiger partial charge in [0.2, 0.25) is 0 Å². The summed E-state index contributed by atoms with van der Waals surface area (Å²) < 4.78 is 5.38. The number of benzene rings is 1. The van der Waals surface area contributed by atoms with Gasteiger partial charge in [-0.2, -0.15) is 0 Å². The Morgan fingerprint density at radius 2 is 1.91 bits per heavy atom. The van der Waals surface area contributed by atoms with E-state index in [1.165, 1.54) is 0 Å². The quantitative estimate of drug-likeness (QED) is 0.801. The fraction of sp³-hybridized carbons (Fsp3) is 0.500. The molecule has 1 saturated heterocycles. The number of rotatable bonds is 3. The lowest BCUT2D eigenvalue weighted by Crippen LogP contribution is -2.42. The number of nitrogens with zero attached hydrogens (tertiary/aromatic N) is 1. The van der Waals surface area contributed by atoms with Crippen molar-refractivity contribution in [3.05, 3.63) is 41.5 Å². The van der Waals surface area contributed by atoms with Gasteiger partial charge in [0.1, 0.15) is 0 Å². The minimum atomic E-state index is 0. The average molecular weight is 322 g/mol. The average Bonchev–Trinajstić information content (AvgIpc) is 2.53. The summed E-state index contributed by atoms with van der Waals surface area (Å²) in [4.78, 5) is 15.0. The van der Waals surface area contributed by atoms with Crippen LogP contribution in [0.15, 0.2) is 35.9 Å². The lowest BCUT2D eigenvalue weighted by atomic mass is 9.83. The van der Waals surface area contributed by atoms with Crippen LogP contribution in [0.1, 0.15) is 24.8 Å². The Morgan fingerprint density at radius 1 is 1.18 bits per heavy atom. The van der Waals surface area contributed by atoms with E-state index in [1.807, 2.05) is 18.2 Å². The summed E-state index contributed by atoms with van der Waals surface area (Å²) in [5, 5.41) is 0. The van der Waals surface area contributed by atoms with Crippen LogP contribution < -0.4 is 0 Å². The van der Waals surface area contributed by atoms with Crippen molar-refractivity contribution >= 4 is 24.3 Å². The maximum Gasteiger partial charge on any atom is 0.163 e. The van der Waals surface area contributed by atoms with Gasteiger partial charge in [0.05, 0.1) is 13.2 Å². The Bertz CT molecular complexity index is 509. The number of allylic oxidation sites excluding steroid dienone is 1. The molecule has 1 heterocycles. The van der Waals surface area contributed by atoms with E-state index in [9.17, 15) is 4.79 Å². The number of carbonyl (C=O) groups is 1. The molecule has 1 aliphatic carbocycles. The first kappa shape index (κ1) is 17.2. The molecule has 0 aromatic heterocycles. The number of ketones is 1. The van der Waals surface area contributed by atoms with E-state index in [0.717, 1.165) is 63.2 Å². The molecule has 3 nitrogen and oxygen atoms in total. The van der Waals surface area contributed by atoms with Gasteiger partial charge in [0.25, 0.3) is 0 Å². The molecule has 1 unspecified atom stereocenters. The van der Waals surface area contributed by atoms with Crippen LogP contribution in [0.2, 0.25) is 0 Å². The number of carbonyl (C=O) groups excluding carboxylic acids is 1. The molecule has 2 fully saturated rings. The third-order valence-corrected chi connectivity index (χ3v) is 4.41. The second-order valence-corrected chi connectivity index (χ2v) is 5.95. The van der Waals surface area contributed by atoms with Crippen molar-refractivity contribution in [1.29, 1.82) is 0 Å². The Hall–Kier alpha value is -1.16. The number of morpholine rings is 1. The van der Waals surface area contributed by atoms with Crippen LogP contribution in [0.5, 0.6) is 0 Å². The topological polar surface area (TPSA) is 29.5 Å². The molecule has 120 valence electrons. The van der Waals surface area contributed by atoms with Gasteiger partial charge in [-0.3, -0.25) is 9.69 Å². The number of ether oxygens (including phenoxy) is 1. The molecule has 0 spiro atoms. The van der Waals surface area contributed by atoms with Gasteiger partial charge in [0.15, 0.2) is 5.78 Å². The third-order valence-electron chi connectivity index (χ3n) is 4.41. The first-order chi connectivity index (χ1) is 10.3. The fourth-order valence-electron chi connectivity index (χ4n) is 3.22. The monoisotopic (exact) mass is 321 g/mol. The molecular formula is C18H24ClNO2. The van der Waals surface area contributed by atoms with Crippen molar-refractivity contribution in [1.82, 2.24) is 4.90 Å². The number of hydrogen-bond donors (Lipinski definition) is 0. The molecule has 1 aliphatic heterocycles.